The van der Waals surface area contributed by atoms with E-state index in [1.165, 1.54) is 18.4 Å². The van der Waals surface area contributed by atoms with Gasteiger partial charge >= 0.3 is 5.97 Å². The predicted molar refractivity (Wildman–Crippen MR) is 124 cm³/mol. The average Bonchev–Trinajstić information content (AvgIpc) is 3.15. The Morgan fingerprint density at radius 2 is 1.63 bits per heavy atom. The molecule has 3 aromatic rings. The number of methoxy groups -OCH3 is 3. The molecule has 0 aliphatic carbocycles. The van der Waals surface area contributed by atoms with E-state index in [1.54, 1.807) is 32.4 Å². The first kappa shape index (κ1) is 21.6. The molecule has 0 aliphatic rings. The summed E-state index contributed by atoms with van der Waals surface area (Å²) >= 11 is 6.91. The van der Waals surface area contributed by atoms with Crippen molar-refractivity contribution in [1.82, 2.24) is 0 Å². The van der Waals surface area contributed by atoms with Gasteiger partial charge in [0.1, 0.15) is 16.5 Å². The van der Waals surface area contributed by atoms with Crippen LogP contribution in [0.2, 0.25) is 0 Å². The van der Waals surface area contributed by atoms with E-state index in [1.807, 2.05) is 36.4 Å². The van der Waals surface area contributed by atoms with E-state index in [0.29, 0.717) is 39.3 Å². The highest BCUT2D eigenvalue weighted by molar-refractivity contribution is 7.80. The molecular weight excluding hydrogens is 420 g/mol. The number of ether oxygens (including phenoxy) is 3. The molecule has 1 heterocycles. The summed E-state index contributed by atoms with van der Waals surface area (Å²) in [6.45, 7) is 0. The number of anilines is 2. The number of benzene rings is 2. The number of esters is 1. The molecule has 0 spiro atoms. The summed E-state index contributed by atoms with van der Waals surface area (Å²) in [5.74, 6) is 0.853. The van der Waals surface area contributed by atoms with Gasteiger partial charge in [-0.25, -0.2) is 4.79 Å². The van der Waals surface area contributed by atoms with Gasteiger partial charge in [-0.15, -0.1) is 11.3 Å². The van der Waals surface area contributed by atoms with E-state index in [9.17, 15) is 4.79 Å². The van der Waals surface area contributed by atoms with Crippen LogP contribution in [0.4, 0.5) is 10.7 Å². The van der Waals surface area contributed by atoms with Crippen molar-refractivity contribution in [2.24, 2.45) is 0 Å². The van der Waals surface area contributed by atoms with Crippen LogP contribution in [0.1, 0.15) is 20.8 Å². The largest absolute Gasteiger partial charge is 0.497 e. The van der Waals surface area contributed by atoms with Crippen molar-refractivity contribution >= 4 is 45.3 Å². The Labute approximate surface area is 184 Å². The van der Waals surface area contributed by atoms with Crippen LogP contribution in [0.3, 0.4) is 0 Å². The maximum Gasteiger partial charge on any atom is 0.340 e. The predicted octanol–water partition coefficient (Wildman–Crippen LogP) is 4.95. The Kier molecular flexibility index (Phi) is 7.26. The van der Waals surface area contributed by atoms with Crippen LogP contribution in [0.25, 0.3) is 0 Å². The van der Waals surface area contributed by atoms with E-state index < -0.39 is 5.97 Å². The molecule has 2 N–H and O–H groups in total. The van der Waals surface area contributed by atoms with Crippen molar-refractivity contribution in [3.63, 3.8) is 0 Å². The Hall–Kier alpha value is -3.10. The van der Waals surface area contributed by atoms with Crippen LogP contribution in [0, 0.1) is 0 Å². The summed E-state index contributed by atoms with van der Waals surface area (Å²) in [7, 11) is 4.52. The first-order valence-electron chi connectivity index (χ1n) is 9.08. The minimum Gasteiger partial charge on any atom is -0.497 e. The molecule has 0 saturated carbocycles. The fourth-order valence-electron chi connectivity index (χ4n) is 2.83. The van der Waals surface area contributed by atoms with E-state index >= 15 is 0 Å². The van der Waals surface area contributed by atoms with Crippen molar-refractivity contribution < 1.29 is 19.0 Å². The molecule has 1 aromatic heterocycles. The fraction of sp³-hybridized carbons (Fsp3) is 0.182. The van der Waals surface area contributed by atoms with Gasteiger partial charge in [-0.05, 0) is 23.8 Å². The van der Waals surface area contributed by atoms with Crippen molar-refractivity contribution in [2.45, 2.75) is 6.42 Å². The lowest BCUT2D eigenvalue weighted by atomic mass is 10.1. The normalized spacial score (nSPS) is 10.2. The number of hydrogen-bond donors (Lipinski definition) is 2. The highest BCUT2D eigenvalue weighted by Gasteiger charge is 2.18. The molecule has 0 amide bonds. The van der Waals surface area contributed by atoms with Gasteiger partial charge in [0.15, 0.2) is 5.11 Å². The summed E-state index contributed by atoms with van der Waals surface area (Å²) < 4.78 is 15.5. The van der Waals surface area contributed by atoms with Crippen molar-refractivity contribution in [1.29, 1.82) is 0 Å². The molecule has 0 atom stereocenters. The third kappa shape index (κ3) is 5.49. The number of rotatable bonds is 7. The molecule has 0 radical (unpaired) electrons. The summed E-state index contributed by atoms with van der Waals surface area (Å²) in [5.41, 5.74) is 2.30. The van der Waals surface area contributed by atoms with Crippen LogP contribution in [-0.2, 0) is 11.2 Å². The lowest BCUT2D eigenvalue weighted by molar-refractivity contribution is 0.0602. The van der Waals surface area contributed by atoms with E-state index in [2.05, 4.69) is 10.6 Å². The Morgan fingerprint density at radius 1 is 0.967 bits per heavy atom. The van der Waals surface area contributed by atoms with Gasteiger partial charge in [-0.1, -0.05) is 30.3 Å². The van der Waals surface area contributed by atoms with E-state index in [-0.39, 0.29) is 0 Å². The Bertz CT molecular complexity index is 1010. The zero-order valence-corrected chi connectivity index (χ0v) is 18.5. The zero-order valence-electron chi connectivity index (χ0n) is 16.9. The Balaban J connectivity index is 1.79. The molecule has 0 saturated heterocycles. The molecule has 0 aliphatic heterocycles. The quantitative estimate of drug-likeness (QED) is 0.396. The number of thiocarbonyl (C=S) groups is 1. The first-order valence-corrected chi connectivity index (χ1v) is 10.3. The maximum absolute atomic E-state index is 12.3. The highest BCUT2D eigenvalue weighted by atomic mass is 32.1. The minimum absolute atomic E-state index is 0.337. The molecule has 0 unspecified atom stereocenters. The smallest absolute Gasteiger partial charge is 0.340 e. The Morgan fingerprint density at radius 3 is 2.23 bits per heavy atom. The standard InChI is InChI=1S/C22H22N2O4S2/c1-26-16-10-15(11-17(12-16)27-2)23-22(29)24-20-19(21(25)28-3)13-18(30-20)9-14-7-5-4-6-8-14/h4-8,10-13H,9H2,1-3H3,(H2,23,24,29). The topological polar surface area (TPSA) is 68.8 Å². The molecule has 0 fully saturated rings. The maximum atomic E-state index is 12.3. The summed E-state index contributed by atoms with van der Waals surface area (Å²) in [6, 6.07) is 17.3. The zero-order chi connectivity index (χ0) is 21.5. The second kappa shape index (κ2) is 10.1. The SMILES string of the molecule is COC(=O)c1cc(Cc2ccccc2)sc1NC(=S)Nc1cc(OC)cc(OC)c1. The molecular formula is C22H22N2O4S2. The van der Waals surface area contributed by atoms with Gasteiger partial charge in [-0.3, -0.25) is 0 Å². The third-order valence-electron chi connectivity index (χ3n) is 4.25. The van der Waals surface area contributed by atoms with Gasteiger partial charge in [-0.2, -0.15) is 0 Å². The van der Waals surface area contributed by atoms with E-state index in [4.69, 9.17) is 26.4 Å². The van der Waals surface area contributed by atoms with Crippen molar-refractivity contribution in [2.75, 3.05) is 32.0 Å². The second-order valence-corrected chi connectivity index (χ2v) is 7.83. The van der Waals surface area contributed by atoms with Crippen molar-refractivity contribution in [3.8, 4) is 11.5 Å². The van der Waals surface area contributed by atoms with Gasteiger partial charge in [0.05, 0.1) is 26.9 Å². The van der Waals surface area contributed by atoms with Crippen LogP contribution < -0.4 is 20.1 Å². The van der Waals surface area contributed by atoms with Gasteiger partial charge < -0.3 is 24.8 Å². The lowest BCUT2D eigenvalue weighted by Gasteiger charge is -2.12. The molecule has 8 heteroatoms. The van der Waals surface area contributed by atoms with Gasteiger partial charge in [0.2, 0.25) is 0 Å². The third-order valence-corrected chi connectivity index (χ3v) is 5.50. The number of hydrogen-bond acceptors (Lipinski definition) is 6. The molecule has 0 bridgehead atoms. The van der Waals surface area contributed by atoms with Crippen LogP contribution in [-0.4, -0.2) is 32.4 Å². The number of carbonyl (C=O) groups is 1. The summed E-state index contributed by atoms with van der Waals surface area (Å²) in [5, 5.41) is 7.17. The van der Waals surface area contributed by atoms with Crippen LogP contribution >= 0.6 is 23.6 Å². The first-order chi connectivity index (χ1) is 14.5. The molecule has 30 heavy (non-hydrogen) atoms. The molecule has 156 valence electrons. The van der Waals surface area contributed by atoms with Gasteiger partial charge in [0, 0.05) is 35.2 Å². The summed E-state index contributed by atoms with van der Waals surface area (Å²) in [6.07, 6.45) is 0.713. The average molecular weight is 443 g/mol. The van der Waals surface area contributed by atoms with Crippen LogP contribution in [0.5, 0.6) is 11.5 Å². The molecule has 2 aromatic carbocycles. The monoisotopic (exact) mass is 442 g/mol. The molecule has 6 nitrogen and oxygen atoms in total. The van der Waals surface area contributed by atoms with Gasteiger partial charge in [0.25, 0.3) is 0 Å². The number of thiophene rings is 1. The number of carbonyl (C=O) groups excluding carboxylic acids is 1. The summed E-state index contributed by atoms with van der Waals surface area (Å²) in [4.78, 5) is 13.3. The second-order valence-electron chi connectivity index (χ2n) is 6.29. The van der Waals surface area contributed by atoms with Crippen molar-refractivity contribution in [3.05, 3.63) is 70.6 Å². The van der Waals surface area contributed by atoms with Crippen LogP contribution in [0.15, 0.2) is 54.6 Å². The van der Waals surface area contributed by atoms with E-state index in [0.717, 1.165) is 10.4 Å². The minimum atomic E-state index is -0.418. The number of nitrogens with one attached hydrogen (secondary N) is 2. The fourth-order valence-corrected chi connectivity index (χ4v) is 4.19. The lowest BCUT2D eigenvalue weighted by Crippen LogP contribution is -2.20. The molecule has 3 rings (SSSR count). The highest BCUT2D eigenvalue weighted by Crippen LogP contribution is 2.31.